The average Bonchev–Trinajstić information content (AvgIpc) is 3.44. The number of aryl methyl sites for hydroxylation is 2. The van der Waals surface area contributed by atoms with Crippen LogP contribution in [0.25, 0.3) is 0 Å². The number of piperazine rings is 1. The number of hydrogen-bond acceptors (Lipinski definition) is 9. The second-order valence-electron chi connectivity index (χ2n) is 11.1. The van der Waals surface area contributed by atoms with Gasteiger partial charge in [0.15, 0.2) is 17.3 Å². The Morgan fingerprint density at radius 3 is 2.43 bits per heavy atom. The lowest BCUT2D eigenvalue weighted by atomic mass is 10.0. The predicted octanol–water partition coefficient (Wildman–Crippen LogP) is 4.87. The van der Waals surface area contributed by atoms with Crippen LogP contribution in [0, 0.1) is 25.2 Å². The molecule has 0 aliphatic carbocycles. The van der Waals surface area contributed by atoms with Crippen molar-refractivity contribution in [1.29, 1.82) is 5.26 Å². The van der Waals surface area contributed by atoms with E-state index in [1.807, 2.05) is 49.4 Å². The molecule has 42 heavy (non-hydrogen) atoms. The quantitative estimate of drug-likeness (QED) is 0.324. The van der Waals surface area contributed by atoms with Crippen molar-refractivity contribution in [3.63, 3.8) is 0 Å². The number of fused-ring (bicyclic) bond motifs is 2. The molecule has 5 rings (SSSR count). The Balaban J connectivity index is 1.19. The molecule has 2 aliphatic rings. The van der Waals surface area contributed by atoms with Gasteiger partial charge in [-0.25, -0.2) is 0 Å². The van der Waals surface area contributed by atoms with Gasteiger partial charge >= 0.3 is 0 Å². The minimum absolute atomic E-state index is 0.0326. The third kappa shape index (κ3) is 6.69. The molecule has 0 spiro atoms. The van der Waals surface area contributed by atoms with E-state index in [0.29, 0.717) is 58.6 Å². The molecule has 0 radical (unpaired) electrons. The van der Waals surface area contributed by atoms with Gasteiger partial charge in [-0.2, -0.15) is 5.26 Å². The van der Waals surface area contributed by atoms with E-state index in [1.165, 1.54) is 0 Å². The molecule has 222 valence electrons. The molecule has 2 fully saturated rings. The third-order valence-corrected chi connectivity index (χ3v) is 8.30. The van der Waals surface area contributed by atoms with Crippen LogP contribution in [-0.4, -0.2) is 73.3 Å². The number of nitriles is 1. The second kappa shape index (κ2) is 13.3. The maximum absolute atomic E-state index is 12.8. The maximum atomic E-state index is 12.8. The summed E-state index contributed by atoms with van der Waals surface area (Å²) < 4.78 is 22.5. The molecule has 3 aromatic rings. The summed E-state index contributed by atoms with van der Waals surface area (Å²) in [4.78, 5) is 17.7. The first-order valence-electron chi connectivity index (χ1n) is 14.5. The van der Waals surface area contributed by atoms with E-state index in [-0.39, 0.29) is 12.0 Å². The van der Waals surface area contributed by atoms with Gasteiger partial charge in [0, 0.05) is 31.2 Å². The highest BCUT2D eigenvalue weighted by atomic mass is 16.5. The van der Waals surface area contributed by atoms with Gasteiger partial charge in [-0.15, -0.1) is 0 Å². The number of anilines is 1. The molecular weight excluding hydrogens is 534 g/mol. The smallest absolute Gasteiger partial charge is 0.238 e. The molecular formula is C32H39N5O5. The van der Waals surface area contributed by atoms with Crippen molar-refractivity contribution in [1.82, 2.24) is 15.0 Å². The molecule has 3 heterocycles. The fourth-order valence-corrected chi connectivity index (χ4v) is 6.19. The van der Waals surface area contributed by atoms with Crippen molar-refractivity contribution in [3.05, 3.63) is 65.0 Å². The van der Waals surface area contributed by atoms with Crippen LogP contribution < -0.4 is 19.5 Å². The SMILES string of the molecule is COc1ccc(OC(CCCN2C3CCC2CN(CC(=O)Nc2c(C)noc2C)C3)c2ccc(C#N)cc2)cc1OC. The Kier molecular flexibility index (Phi) is 9.30. The largest absolute Gasteiger partial charge is 0.493 e. The molecule has 3 atom stereocenters. The molecule has 2 saturated heterocycles. The van der Waals surface area contributed by atoms with Crippen molar-refractivity contribution in [2.24, 2.45) is 0 Å². The fraction of sp³-hybridized carbons (Fsp3) is 0.469. The fourth-order valence-electron chi connectivity index (χ4n) is 6.19. The van der Waals surface area contributed by atoms with Gasteiger partial charge in [0.1, 0.15) is 23.2 Å². The Bertz CT molecular complexity index is 1380. The molecule has 2 aliphatic heterocycles. The highest BCUT2D eigenvalue weighted by molar-refractivity contribution is 5.93. The van der Waals surface area contributed by atoms with Crippen LogP contribution >= 0.6 is 0 Å². The van der Waals surface area contributed by atoms with Crippen molar-refractivity contribution >= 4 is 11.6 Å². The Labute approximate surface area is 247 Å². The van der Waals surface area contributed by atoms with Crippen LogP contribution in [0.1, 0.15) is 54.4 Å². The number of hydrogen-bond donors (Lipinski definition) is 1. The van der Waals surface area contributed by atoms with Crippen LogP contribution in [-0.2, 0) is 4.79 Å². The first-order chi connectivity index (χ1) is 20.4. The van der Waals surface area contributed by atoms with Crippen molar-refractivity contribution < 1.29 is 23.5 Å². The van der Waals surface area contributed by atoms with E-state index in [2.05, 4.69) is 26.3 Å². The zero-order valence-corrected chi connectivity index (χ0v) is 24.8. The van der Waals surface area contributed by atoms with E-state index in [4.69, 9.17) is 18.7 Å². The molecule has 10 heteroatoms. The summed E-state index contributed by atoms with van der Waals surface area (Å²) in [6.07, 6.45) is 3.89. The number of ether oxygens (including phenoxy) is 3. The van der Waals surface area contributed by atoms with E-state index in [9.17, 15) is 10.1 Å². The van der Waals surface area contributed by atoms with Crippen molar-refractivity contribution in [3.8, 4) is 23.3 Å². The van der Waals surface area contributed by atoms with Crippen molar-refractivity contribution in [2.45, 2.75) is 57.7 Å². The molecule has 10 nitrogen and oxygen atoms in total. The van der Waals surface area contributed by atoms with Gasteiger partial charge in [-0.05, 0) is 75.9 Å². The summed E-state index contributed by atoms with van der Waals surface area (Å²) in [5.74, 6) is 2.56. The van der Waals surface area contributed by atoms with Crippen LogP contribution in [0.2, 0.25) is 0 Å². The molecule has 1 aromatic heterocycles. The summed E-state index contributed by atoms with van der Waals surface area (Å²) in [5.41, 5.74) is 3.02. The number of amides is 1. The summed E-state index contributed by atoms with van der Waals surface area (Å²) in [6.45, 7) is 6.73. The number of nitrogens with zero attached hydrogens (tertiary/aromatic N) is 4. The number of methoxy groups -OCH3 is 2. The summed E-state index contributed by atoms with van der Waals surface area (Å²) in [6, 6.07) is 16.3. The molecule has 0 saturated carbocycles. The number of rotatable bonds is 12. The predicted molar refractivity (Wildman–Crippen MR) is 158 cm³/mol. The lowest BCUT2D eigenvalue weighted by molar-refractivity contribution is -0.118. The van der Waals surface area contributed by atoms with Gasteiger partial charge in [-0.1, -0.05) is 17.3 Å². The lowest BCUT2D eigenvalue weighted by Gasteiger charge is -2.41. The number of benzene rings is 2. The van der Waals surface area contributed by atoms with Crippen LogP contribution in [0.4, 0.5) is 5.69 Å². The van der Waals surface area contributed by atoms with E-state index in [0.717, 1.165) is 50.9 Å². The van der Waals surface area contributed by atoms with Gasteiger partial charge < -0.3 is 24.1 Å². The second-order valence-corrected chi connectivity index (χ2v) is 11.1. The zero-order chi connectivity index (χ0) is 29.6. The van der Waals surface area contributed by atoms with Crippen LogP contribution in [0.15, 0.2) is 47.0 Å². The van der Waals surface area contributed by atoms with E-state index >= 15 is 0 Å². The zero-order valence-electron chi connectivity index (χ0n) is 24.8. The Morgan fingerprint density at radius 2 is 1.81 bits per heavy atom. The molecule has 3 unspecified atom stereocenters. The molecule has 1 amide bonds. The summed E-state index contributed by atoms with van der Waals surface area (Å²) in [7, 11) is 3.22. The lowest BCUT2D eigenvalue weighted by Crippen LogP contribution is -2.55. The summed E-state index contributed by atoms with van der Waals surface area (Å²) in [5, 5.41) is 16.1. The normalized spacial score (nSPS) is 19.2. The monoisotopic (exact) mass is 573 g/mol. The number of carbonyl (C=O) groups excluding carboxylic acids is 1. The first-order valence-corrected chi connectivity index (χ1v) is 14.5. The number of carbonyl (C=O) groups is 1. The minimum Gasteiger partial charge on any atom is -0.493 e. The van der Waals surface area contributed by atoms with Gasteiger partial charge in [0.2, 0.25) is 5.91 Å². The highest BCUT2D eigenvalue weighted by Crippen LogP contribution is 2.35. The van der Waals surface area contributed by atoms with Crippen molar-refractivity contribution in [2.75, 3.05) is 45.7 Å². The molecule has 2 bridgehead atoms. The van der Waals surface area contributed by atoms with Gasteiger partial charge in [0.05, 0.1) is 32.4 Å². The summed E-state index contributed by atoms with van der Waals surface area (Å²) >= 11 is 0. The topological polar surface area (TPSA) is 113 Å². The number of likely N-dealkylation sites (tertiary alicyclic amines) is 1. The maximum Gasteiger partial charge on any atom is 0.238 e. The molecule has 2 aromatic carbocycles. The first kappa shape index (κ1) is 29.4. The standard InChI is InChI=1S/C32H39N5O5/c1-21-32(22(2)42-35-21)34-31(38)20-36-18-25-11-12-26(19-36)37(25)15-5-6-28(24-9-7-23(17-33)8-10-24)41-27-13-14-29(39-3)30(16-27)40-4/h7-10,13-14,16,25-26,28H,5-6,11-12,15,18-20H2,1-4H3,(H,34,38). The number of aromatic nitrogens is 1. The van der Waals surface area contributed by atoms with E-state index < -0.39 is 0 Å². The highest BCUT2D eigenvalue weighted by Gasteiger charge is 2.40. The Morgan fingerprint density at radius 1 is 1.10 bits per heavy atom. The van der Waals surface area contributed by atoms with Crippen LogP contribution in [0.3, 0.4) is 0 Å². The van der Waals surface area contributed by atoms with Crippen LogP contribution in [0.5, 0.6) is 17.2 Å². The minimum atomic E-state index is -0.178. The Hall–Kier alpha value is -4.07. The average molecular weight is 574 g/mol. The van der Waals surface area contributed by atoms with Gasteiger partial charge in [-0.3, -0.25) is 14.6 Å². The third-order valence-electron chi connectivity index (χ3n) is 8.30. The number of nitrogens with one attached hydrogen (secondary N) is 1. The van der Waals surface area contributed by atoms with E-state index in [1.54, 1.807) is 21.1 Å². The van der Waals surface area contributed by atoms with Gasteiger partial charge in [0.25, 0.3) is 0 Å². The molecule has 1 N–H and O–H groups in total.